The van der Waals surface area contributed by atoms with Crippen molar-refractivity contribution in [3.05, 3.63) is 0 Å². The van der Waals surface area contributed by atoms with Gasteiger partial charge in [0, 0.05) is 18.9 Å². The highest BCUT2D eigenvalue weighted by atomic mass is 16.4. The summed E-state index contributed by atoms with van der Waals surface area (Å²) in [5.74, 6) is -0.197. The number of hydrogen-bond acceptors (Lipinski definition) is 2. The number of aliphatic carboxylic acids is 1. The number of hydrogen-bond donors (Lipinski definition) is 2. The molecule has 0 heterocycles. The number of nitrogens with one attached hydrogen (secondary N) is 1. The molecule has 1 aliphatic carbocycles. The predicted molar refractivity (Wildman–Crippen MR) is 74.8 cm³/mol. The second-order valence-electron chi connectivity index (χ2n) is 6.66. The van der Waals surface area contributed by atoms with Gasteiger partial charge in [-0.2, -0.15) is 0 Å². The smallest absolute Gasteiger partial charge is 0.303 e. The normalized spacial score (nSPS) is 25.8. The molecule has 0 aromatic carbocycles. The summed E-state index contributed by atoms with van der Waals surface area (Å²) in [6.45, 7) is 6.77. The summed E-state index contributed by atoms with van der Waals surface area (Å²) in [5, 5.41) is 11.6. The molecule has 2 unspecified atom stereocenters. The summed E-state index contributed by atoms with van der Waals surface area (Å²) >= 11 is 0. The summed E-state index contributed by atoms with van der Waals surface area (Å²) in [6.07, 6.45) is 5.19. The van der Waals surface area contributed by atoms with E-state index in [0.717, 1.165) is 19.3 Å². The quantitative estimate of drug-likeness (QED) is 0.728. The average molecular weight is 269 g/mol. The maximum atomic E-state index is 11.8. The minimum atomic E-state index is -0.788. The number of carbonyl (C=O) groups is 2. The Morgan fingerprint density at radius 2 is 1.89 bits per heavy atom. The van der Waals surface area contributed by atoms with E-state index in [2.05, 4.69) is 26.1 Å². The standard InChI is InChI=1S/C15H27NO3/c1-11-10-15(2,3)9-8-12(11)16-13(17)6-4-5-7-14(18)19/h11-12H,4-10H2,1-3H3,(H,16,17)(H,18,19). The lowest BCUT2D eigenvalue weighted by atomic mass is 9.70. The first-order valence-electron chi connectivity index (χ1n) is 7.31. The van der Waals surface area contributed by atoms with Crippen LogP contribution < -0.4 is 5.32 Å². The van der Waals surface area contributed by atoms with Crippen LogP contribution in [-0.2, 0) is 9.59 Å². The average Bonchev–Trinajstić information content (AvgIpc) is 2.27. The van der Waals surface area contributed by atoms with E-state index in [1.165, 1.54) is 0 Å². The van der Waals surface area contributed by atoms with Crippen molar-refractivity contribution in [1.82, 2.24) is 5.32 Å². The van der Waals surface area contributed by atoms with Crippen molar-refractivity contribution in [2.24, 2.45) is 11.3 Å². The minimum Gasteiger partial charge on any atom is -0.481 e. The van der Waals surface area contributed by atoms with Gasteiger partial charge in [-0.05, 0) is 43.4 Å². The van der Waals surface area contributed by atoms with Crippen molar-refractivity contribution in [2.75, 3.05) is 0 Å². The summed E-state index contributed by atoms with van der Waals surface area (Å²) in [6, 6.07) is 0.292. The van der Waals surface area contributed by atoms with Crippen molar-refractivity contribution >= 4 is 11.9 Å². The molecule has 19 heavy (non-hydrogen) atoms. The minimum absolute atomic E-state index is 0.0712. The second-order valence-corrected chi connectivity index (χ2v) is 6.66. The van der Waals surface area contributed by atoms with Crippen molar-refractivity contribution in [3.8, 4) is 0 Å². The maximum Gasteiger partial charge on any atom is 0.303 e. The highest BCUT2D eigenvalue weighted by Crippen LogP contribution is 2.38. The fourth-order valence-electron chi connectivity index (χ4n) is 3.00. The number of carboxylic acids is 1. The van der Waals surface area contributed by atoms with Gasteiger partial charge in [-0.3, -0.25) is 9.59 Å². The molecule has 1 aliphatic rings. The van der Waals surface area contributed by atoms with Crippen molar-refractivity contribution in [2.45, 2.75) is 71.8 Å². The van der Waals surface area contributed by atoms with E-state index in [-0.39, 0.29) is 12.3 Å². The van der Waals surface area contributed by atoms with Gasteiger partial charge in [0.25, 0.3) is 0 Å². The molecule has 4 nitrogen and oxygen atoms in total. The van der Waals surface area contributed by atoms with E-state index in [9.17, 15) is 9.59 Å². The first-order valence-corrected chi connectivity index (χ1v) is 7.31. The topological polar surface area (TPSA) is 66.4 Å². The highest BCUT2D eigenvalue weighted by Gasteiger charge is 2.32. The molecule has 2 atom stereocenters. The molecule has 1 rings (SSSR count). The number of amides is 1. The summed E-state index contributed by atoms with van der Waals surface area (Å²) in [4.78, 5) is 22.2. The molecule has 0 aromatic rings. The molecular formula is C15H27NO3. The molecular weight excluding hydrogens is 242 g/mol. The van der Waals surface area contributed by atoms with E-state index in [0.29, 0.717) is 36.6 Å². The van der Waals surface area contributed by atoms with Crippen LogP contribution in [0.2, 0.25) is 0 Å². The van der Waals surface area contributed by atoms with E-state index in [4.69, 9.17) is 5.11 Å². The largest absolute Gasteiger partial charge is 0.481 e. The van der Waals surface area contributed by atoms with E-state index < -0.39 is 5.97 Å². The van der Waals surface area contributed by atoms with Crippen LogP contribution in [0.3, 0.4) is 0 Å². The van der Waals surface area contributed by atoms with Crippen LogP contribution in [0.5, 0.6) is 0 Å². The molecule has 1 fully saturated rings. The first kappa shape index (κ1) is 16.0. The number of carbonyl (C=O) groups excluding carboxylic acids is 1. The van der Waals surface area contributed by atoms with Gasteiger partial charge in [0.1, 0.15) is 0 Å². The summed E-state index contributed by atoms with van der Waals surface area (Å²) in [7, 11) is 0. The Bertz CT molecular complexity index is 325. The lowest BCUT2D eigenvalue weighted by Crippen LogP contribution is -2.44. The van der Waals surface area contributed by atoms with Gasteiger partial charge in [-0.25, -0.2) is 0 Å². The van der Waals surface area contributed by atoms with Crippen LogP contribution in [0.15, 0.2) is 0 Å². The maximum absolute atomic E-state index is 11.8. The third-order valence-electron chi connectivity index (χ3n) is 4.08. The van der Waals surface area contributed by atoms with Crippen LogP contribution in [0.25, 0.3) is 0 Å². The molecule has 0 saturated heterocycles. The molecule has 0 aliphatic heterocycles. The fourth-order valence-corrected chi connectivity index (χ4v) is 3.00. The molecule has 4 heteroatoms. The van der Waals surface area contributed by atoms with Crippen LogP contribution in [0, 0.1) is 11.3 Å². The van der Waals surface area contributed by atoms with Gasteiger partial charge in [0.15, 0.2) is 0 Å². The van der Waals surface area contributed by atoms with Crippen LogP contribution in [0.4, 0.5) is 0 Å². The molecule has 0 aromatic heterocycles. The van der Waals surface area contributed by atoms with Gasteiger partial charge >= 0.3 is 5.97 Å². The third kappa shape index (κ3) is 6.08. The van der Waals surface area contributed by atoms with Crippen LogP contribution >= 0.6 is 0 Å². The van der Waals surface area contributed by atoms with E-state index >= 15 is 0 Å². The van der Waals surface area contributed by atoms with Crippen LogP contribution in [0.1, 0.15) is 65.7 Å². The number of carboxylic acid groups (broad SMARTS) is 1. The lowest BCUT2D eigenvalue weighted by molar-refractivity contribution is -0.137. The van der Waals surface area contributed by atoms with Crippen LogP contribution in [-0.4, -0.2) is 23.0 Å². The molecule has 1 saturated carbocycles. The Hall–Kier alpha value is -1.06. The monoisotopic (exact) mass is 269 g/mol. The van der Waals surface area contributed by atoms with Crippen molar-refractivity contribution in [3.63, 3.8) is 0 Å². The van der Waals surface area contributed by atoms with Crippen molar-refractivity contribution < 1.29 is 14.7 Å². The van der Waals surface area contributed by atoms with Gasteiger partial charge in [0.2, 0.25) is 5.91 Å². The second kappa shape index (κ2) is 6.92. The fraction of sp³-hybridized carbons (Fsp3) is 0.867. The van der Waals surface area contributed by atoms with Gasteiger partial charge in [0.05, 0.1) is 0 Å². The van der Waals surface area contributed by atoms with E-state index in [1.807, 2.05) is 0 Å². The zero-order valence-corrected chi connectivity index (χ0v) is 12.4. The Morgan fingerprint density at radius 3 is 2.47 bits per heavy atom. The molecule has 0 bridgehead atoms. The highest BCUT2D eigenvalue weighted by molar-refractivity contribution is 5.76. The Kier molecular flexibility index (Phi) is 5.83. The Morgan fingerprint density at radius 1 is 1.26 bits per heavy atom. The lowest BCUT2D eigenvalue weighted by Gasteiger charge is -2.39. The number of rotatable bonds is 6. The molecule has 2 N–H and O–H groups in total. The SMILES string of the molecule is CC1CC(C)(C)CCC1NC(=O)CCCCC(=O)O. The van der Waals surface area contributed by atoms with Gasteiger partial charge < -0.3 is 10.4 Å². The molecule has 1 amide bonds. The first-order chi connectivity index (χ1) is 8.80. The van der Waals surface area contributed by atoms with Gasteiger partial charge in [-0.15, -0.1) is 0 Å². The zero-order valence-electron chi connectivity index (χ0n) is 12.4. The molecule has 0 radical (unpaired) electrons. The Balaban J connectivity index is 2.23. The summed E-state index contributed by atoms with van der Waals surface area (Å²) < 4.78 is 0. The third-order valence-corrected chi connectivity index (χ3v) is 4.08. The predicted octanol–water partition coefficient (Wildman–Crippen LogP) is 2.96. The zero-order chi connectivity index (χ0) is 14.5. The van der Waals surface area contributed by atoms with Gasteiger partial charge in [-0.1, -0.05) is 20.8 Å². The number of unbranched alkanes of at least 4 members (excludes halogenated alkanes) is 1. The van der Waals surface area contributed by atoms with Crippen molar-refractivity contribution in [1.29, 1.82) is 0 Å². The Labute approximate surface area is 116 Å². The molecule has 110 valence electrons. The van der Waals surface area contributed by atoms with E-state index in [1.54, 1.807) is 0 Å². The summed E-state index contributed by atoms with van der Waals surface area (Å²) in [5.41, 5.74) is 0.391. The molecule has 0 spiro atoms.